The second kappa shape index (κ2) is 12.9. The Labute approximate surface area is 241 Å². The molecule has 0 aliphatic carbocycles. The highest BCUT2D eigenvalue weighted by atomic mass is 16.7. The first-order valence-corrected chi connectivity index (χ1v) is 14.8. The molecule has 3 atom stereocenters. The maximum atomic E-state index is 13.9. The average Bonchev–Trinajstić information content (AvgIpc) is 3.57. The van der Waals surface area contributed by atoms with E-state index >= 15 is 0 Å². The summed E-state index contributed by atoms with van der Waals surface area (Å²) < 4.78 is 13.0. The van der Waals surface area contributed by atoms with Crippen LogP contribution in [-0.2, 0) is 21.4 Å². The number of hydrogen-bond acceptors (Lipinski definition) is 6. The molecular formula is C31H41N4O6+. The van der Waals surface area contributed by atoms with Gasteiger partial charge in [0.15, 0.2) is 23.9 Å². The molecule has 10 nitrogen and oxygen atoms in total. The molecular weight excluding hydrogens is 524 g/mol. The number of likely N-dealkylation sites (tertiary alicyclic amines) is 2. The first kappa shape index (κ1) is 28.9. The Balaban J connectivity index is 1.42. The largest absolute Gasteiger partial charge is 0.481 e. The van der Waals surface area contributed by atoms with E-state index in [4.69, 9.17) is 9.47 Å². The van der Waals surface area contributed by atoms with E-state index in [9.17, 15) is 19.5 Å². The minimum Gasteiger partial charge on any atom is -0.481 e. The highest BCUT2D eigenvalue weighted by molar-refractivity contribution is 5.94. The van der Waals surface area contributed by atoms with Crippen molar-refractivity contribution in [3.05, 3.63) is 48.3 Å². The number of aliphatic carboxylic acids is 1. The first-order valence-electron chi connectivity index (χ1n) is 14.8. The fourth-order valence-electron chi connectivity index (χ4n) is 6.43. The number of pyridine rings is 1. The van der Waals surface area contributed by atoms with E-state index in [-0.39, 0.29) is 31.1 Å². The summed E-state index contributed by atoms with van der Waals surface area (Å²) in [6.07, 6.45) is 8.57. The quantitative estimate of drug-likeness (QED) is 0.418. The zero-order valence-corrected chi connectivity index (χ0v) is 24.0. The number of benzene rings is 1. The third kappa shape index (κ3) is 6.48. The lowest BCUT2D eigenvalue weighted by Gasteiger charge is -2.32. The number of hydrogen-bond donors (Lipinski definition) is 1. The molecule has 0 radical (unpaired) electrons. The second-order valence-corrected chi connectivity index (χ2v) is 11.3. The predicted octanol–water partition coefficient (Wildman–Crippen LogP) is 2.94. The van der Waals surface area contributed by atoms with Crippen molar-refractivity contribution in [2.75, 3.05) is 44.4 Å². The number of piperidine rings is 1. The van der Waals surface area contributed by atoms with E-state index in [1.165, 1.54) is 0 Å². The number of amides is 2. The monoisotopic (exact) mass is 565 g/mol. The minimum absolute atomic E-state index is 0.0563. The number of ether oxygens (including phenoxy) is 2. The molecule has 1 aromatic heterocycles. The van der Waals surface area contributed by atoms with Gasteiger partial charge in [0.25, 0.3) is 0 Å². The number of aryl methyl sites for hydroxylation is 1. The number of nitrogens with zero attached hydrogens (tertiary/aromatic N) is 4. The third-order valence-electron chi connectivity index (χ3n) is 8.58. The van der Waals surface area contributed by atoms with Gasteiger partial charge >= 0.3 is 5.97 Å². The standard InChI is InChI=1S/C31H40N4O6/c1-3-4-15-35(23-8-7-13-32(2)18-23)29(37)20-34-19-24(22-10-11-26-27(17-22)41-21-40-26)30(31(38)39)25(34)12-16-33-14-6-5-9-28(33)36/h7-8,10-11,13,17-18,24-25,30H,3-6,9,12,14-16,19-21H2,1-2H3/p+1/t24-,25+,30?/m1/s1. The van der Waals surface area contributed by atoms with Gasteiger partial charge in [-0.15, -0.1) is 0 Å². The Morgan fingerprint density at radius 2 is 2.00 bits per heavy atom. The number of carbonyl (C=O) groups is 3. The number of carbonyl (C=O) groups excluding carboxylic acids is 2. The van der Waals surface area contributed by atoms with E-state index in [0.29, 0.717) is 50.5 Å². The minimum atomic E-state index is -0.893. The van der Waals surface area contributed by atoms with Gasteiger partial charge in [-0.2, -0.15) is 0 Å². The fourth-order valence-corrected chi connectivity index (χ4v) is 6.43. The number of aromatic nitrogens is 1. The number of rotatable bonds is 11. The van der Waals surface area contributed by atoms with Crippen molar-refractivity contribution in [1.82, 2.24) is 9.80 Å². The van der Waals surface area contributed by atoms with Crippen LogP contribution in [0.25, 0.3) is 0 Å². The number of carboxylic acid groups (broad SMARTS) is 1. The van der Waals surface area contributed by atoms with Crippen molar-refractivity contribution >= 4 is 23.5 Å². The average molecular weight is 566 g/mol. The molecule has 2 saturated heterocycles. The number of carboxylic acids is 1. The number of unbranched alkanes of at least 4 members (excludes halogenated alkanes) is 1. The van der Waals surface area contributed by atoms with E-state index < -0.39 is 17.9 Å². The Morgan fingerprint density at radius 3 is 2.76 bits per heavy atom. The van der Waals surface area contributed by atoms with E-state index in [0.717, 1.165) is 36.9 Å². The molecule has 1 aromatic carbocycles. The summed E-state index contributed by atoms with van der Waals surface area (Å²) in [6, 6.07) is 9.06. The SMILES string of the molecule is CCCCN(C(=O)CN1C[C@H](c2ccc3c(c2)OCO3)C(C(=O)O)[C@@H]1CCN1CCCCC1=O)c1ccc[n+](C)c1. The van der Waals surface area contributed by atoms with Crippen molar-refractivity contribution in [2.45, 2.75) is 57.4 Å². The molecule has 41 heavy (non-hydrogen) atoms. The van der Waals surface area contributed by atoms with Gasteiger partial charge in [0.2, 0.25) is 18.6 Å². The Morgan fingerprint density at radius 1 is 1.17 bits per heavy atom. The number of anilines is 1. The first-order chi connectivity index (χ1) is 19.9. The molecule has 2 fully saturated rings. The fraction of sp³-hybridized carbons (Fsp3) is 0.548. The molecule has 1 N–H and O–H groups in total. The van der Waals surface area contributed by atoms with Crippen LogP contribution in [0, 0.1) is 5.92 Å². The van der Waals surface area contributed by atoms with Gasteiger partial charge in [-0.25, -0.2) is 4.57 Å². The summed E-state index contributed by atoms with van der Waals surface area (Å²) in [5, 5.41) is 10.5. The van der Waals surface area contributed by atoms with Gasteiger partial charge in [-0.05, 0) is 49.4 Å². The van der Waals surface area contributed by atoms with Crippen LogP contribution < -0.4 is 18.9 Å². The van der Waals surface area contributed by atoms with E-state index in [2.05, 4.69) is 6.92 Å². The van der Waals surface area contributed by atoms with Crippen LogP contribution >= 0.6 is 0 Å². The van der Waals surface area contributed by atoms with Crippen LogP contribution in [0.4, 0.5) is 5.69 Å². The van der Waals surface area contributed by atoms with Crippen LogP contribution in [0.3, 0.4) is 0 Å². The Kier molecular flexibility index (Phi) is 9.07. The van der Waals surface area contributed by atoms with Gasteiger partial charge in [0.1, 0.15) is 12.7 Å². The Hall–Kier alpha value is -3.66. The van der Waals surface area contributed by atoms with Crippen molar-refractivity contribution in [1.29, 1.82) is 0 Å². The molecule has 2 aromatic rings. The smallest absolute Gasteiger partial charge is 0.308 e. The highest BCUT2D eigenvalue weighted by Gasteiger charge is 2.47. The summed E-state index contributed by atoms with van der Waals surface area (Å²) >= 11 is 0. The molecule has 3 aliphatic heterocycles. The van der Waals surface area contributed by atoms with Crippen molar-refractivity contribution in [3.63, 3.8) is 0 Å². The summed E-state index contributed by atoms with van der Waals surface area (Å²) in [7, 11) is 1.93. The second-order valence-electron chi connectivity index (χ2n) is 11.3. The van der Waals surface area contributed by atoms with Crippen molar-refractivity contribution in [3.8, 4) is 11.5 Å². The van der Waals surface area contributed by atoms with Crippen LogP contribution in [0.2, 0.25) is 0 Å². The third-order valence-corrected chi connectivity index (χ3v) is 8.58. The van der Waals surface area contributed by atoms with Crippen molar-refractivity contribution in [2.24, 2.45) is 13.0 Å². The molecule has 3 aliphatic rings. The van der Waals surface area contributed by atoms with Gasteiger partial charge < -0.3 is 24.4 Å². The lowest BCUT2D eigenvalue weighted by Crippen LogP contribution is -2.46. The molecule has 4 heterocycles. The van der Waals surface area contributed by atoms with Gasteiger partial charge in [0, 0.05) is 50.6 Å². The zero-order chi connectivity index (χ0) is 28.9. The van der Waals surface area contributed by atoms with E-state index in [1.807, 2.05) is 69.0 Å². The summed E-state index contributed by atoms with van der Waals surface area (Å²) in [5.41, 5.74) is 1.68. The van der Waals surface area contributed by atoms with Gasteiger partial charge in [0.05, 0.1) is 12.5 Å². The molecule has 10 heteroatoms. The topological polar surface area (TPSA) is 104 Å². The van der Waals surface area contributed by atoms with Gasteiger partial charge in [-0.1, -0.05) is 19.4 Å². The highest BCUT2D eigenvalue weighted by Crippen LogP contribution is 2.43. The molecule has 2 amide bonds. The summed E-state index contributed by atoms with van der Waals surface area (Å²) in [6.45, 7) is 4.54. The molecule has 0 spiro atoms. The van der Waals surface area contributed by atoms with E-state index in [1.54, 1.807) is 0 Å². The normalized spacial score (nSPS) is 22.2. The molecule has 0 bridgehead atoms. The lowest BCUT2D eigenvalue weighted by atomic mass is 9.84. The molecule has 0 saturated carbocycles. The molecule has 5 rings (SSSR count). The summed E-state index contributed by atoms with van der Waals surface area (Å²) in [5.74, 6) is -0.640. The van der Waals surface area contributed by atoms with Crippen LogP contribution in [-0.4, -0.2) is 78.2 Å². The predicted molar refractivity (Wildman–Crippen MR) is 152 cm³/mol. The lowest BCUT2D eigenvalue weighted by molar-refractivity contribution is -0.670. The number of fused-ring (bicyclic) bond motifs is 1. The molecule has 1 unspecified atom stereocenters. The van der Waals surface area contributed by atoms with Gasteiger partial charge in [-0.3, -0.25) is 19.3 Å². The van der Waals surface area contributed by atoms with Crippen LogP contribution in [0.1, 0.15) is 56.9 Å². The van der Waals surface area contributed by atoms with Crippen LogP contribution in [0.5, 0.6) is 11.5 Å². The zero-order valence-electron chi connectivity index (χ0n) is 24.0. The molecule has 220 valence electrons. The maximum absolute atomic E-state index is 13.9. The van der Waals surface area contributed by atoms with Crippen molar-refractivity contribution < 1.29 is 33.5 Å². The van der Waals surface area contributed by atoms with Crippen LogP contribution in [0.15, 0.2) is 42.7 Å². The maximum Gasteiger partial charge on any atom is 0.308 e. The summed E-state index contributed by atoms with van der Waals surface area (Å²) in [4.78, 5) is 45.0. The Bertz CT molecular complexity index is 1270.